The number of ether oxygens (including phenoxy) is 1. The van der Waals surface area contributed by atoms with Gasteiger partial charge in [-0.15, -0.1) is 0 Å². The Morgan fingerprint density at radius 2 is 2.00 bits per heavy atom. The Balaban J connectivity index is 2.05. The predicted octanol–water partition coefficient (Wildman–Crippen LogP) is 3.21. The second-order valence-corrected chi connectivity index (χ2v) is 5.61. The molecule has 3 rings (SSSR count). The van der Waals surface area contributed by atoms with E-state index >= 15 is 0 Å². The molecule has 3 aromatic rings. The van der Waals surface area contributed by atoms with Gasteiger partial charge in [0.15, 0.2) is 0 Å². The minimum Gasteiger partial charge on any atom is -0.496 e. The maximum atomic E-state index is 5.42. The van der Waals surface area contributed by atoms with Gasteiger partial charge in [-0.05, 0) is 31.3 Å². The van der Waals surface area contributed by atoms with Crippen LogP contribution in [0, 0.1) is 0 Å². The molecule has 0 aliphatic heterocycles. The summed E-state index contributed by atoms with van der Waals surface area (Å²) < 4.78 is 7.54. The van der Waals surface area contributed by atoms with E-state index in [0.29, 0.717) is 0 Å². The molecule has 21 heavy (non-hydrogen) atoms. The molecule has 0 saturated heterocycles. The molecule has 0 unspecified atom stereocenters. The van der Waals surface area contributed by atoms with Crippen molar-refractivity contribution in [2.45, 2.75) is 16.5 Å². The molecule has 0 bridgehead atoms. The van der Waals surface area contributed by atoms with Crippen molar-refractivity contribution in [3.63, 3.8) is 0 Å². The van der Waals surface area contributed by atoms with E-state index in [1.54, 1.807) is 18.9 Å². The van der Waals surface area contributed by atoms with Gasteiger partial charge in [-0.25, -0.2) is 4.98 Å². The van der Waals surface area contributed by atoms with E-state index in [4.69, 9.17) is 9.72 Å². The molecule has 0 aliphatic carbocycles. The van der Waals surface area contributed by atoms with Crippen LogP contribution in [0.15, 0.2) is 58.6 Å². The summed E-state index contributed by atoms with van der Waals surface area (Å²) in [6.07, 6.45) is 2.04. The lowest BCUT2D eigenvalue weighted by molar-refractivity contribution is 0.405. The van der Waals surface area contributed by atoms with E-state index in [1.165, 1.54) is 0 Å². The zero-order valence-electron chi connectivity index (χ0n) is 12.0. The molecule has 1 aromatic carbocycles. The van der Waals surface area contributed by atoms with Crippen molar-refractivity contribution in [1.82, 2.24) is 14.7 Å². The fraction of sp³-hybridized carbons (Fsp3) is 0.188. The standard InChI is InChI=1S/C16H17N3OS/c1-17-11-12-16(18-15-9-5-6-10-19(12)15)21-14-8-4-3-7-13(14)20-2/h3-10,17H,11H2,1-2H3. The maximum absolute atomic E-state index is 5.42. The average molecular weight is 299 g/mol. The molecule has 0 amide bonds. The first-order chi connectivity index (χ1) is 10.3. The third-order valence-electron chi connectivity index (χ3n) is 3.21. The molecular weight excluding hydrogens is 282 g/mol. The van der Waals surface area contributed by atoms with Crippen molar-refractivity contribution >= 4 is 17.4 Å². The first-order valence-electron chi connectivity index (χ1n) is 6.75. The van der Waals surface area contributed by atoms with E-state index in [1.807, 2.05) is 49.6 Å². The van der Waals surface area contributed by atoms with E-state index in [9.17, 15) is 0 Å². The highest BCUT2D eigenvalue weighted by Crippen LogP contribution is 2.36. The van der Waals surface area contributed by atoms with Crippen molar-refractivity contribution in [2.75, 3.05) is 14.2 Å². The van der Waals surface area contributed by atoms with Crippen LogP contribution in [0.3, 0.4) is 0 Å². The Morgan fingerprint density at radius 3 is 2.81 bits per heavy atom. The molecule has 108 valence electrons. The average Bonchev–Trinajstić information content (AvgIpc) is 2.86. The van der Waals surface area contributed by atoms with Gasteiger partial charge in [-0.2, -0.15) is 0 Å². The number of para-hydroxylation sites is 1. The highest BCUT2D eigenvalue weighted by atomic mass is 32.2. The molecule has 0 atom stereocenters. The van der Waals surface area contributed by atoms with E-state index in [2.05, 4.69) is 15.8 Å². The number of nitrogens with zero attached hydrogens (tertiary/aromatic N) is 2. The Labute approximate surface area is 128 Å². The first-order valence-corrected chi connectivity index (χ1v) is 7.56. The van der Waals surface area contributed by atoms with E-state index in [-0.39, 0.29) is 0 Å². The summed E-state index contributed by atoms with van der Waals surface area (Å²) in [5.41, 5.74) is 2.11. The van der Waals surface area contributed by atoms with Gasteiger partial charge < -0.3 is 14.5 Å². The van der Waals surface area contributed by atoms with Crippen molar-refractivity contribution < 1.29 is 4.74 Å². The van der Waals surface area contributed by atoms with Gasteiger partial charge in [0.25, 0.3) is 0 Å². The zero-order chi connectivity index (χ0) is 14.7. The number of imidazole rings is 1. The molecule has 0 spiro atoms. The number of hydrogen-bond acceptors (Lipinski definition) is 4. The Bertz CT molecular complexity index is 754. The van der Waals surface area contributed by atoms with Crippen LogP contribution in [0.25, 0.3) is 5.65 Å². The summed E-state index contributed by atoms with van der Waals surface area (Å²) in [7, 11) is 3.64. The summed E-state index contributed by atoms with van der Waals surface area (Å²) in [6.45, 7) is 0.767. The van der Waals surface area contributed by atoms with Crippen molar-refractivity contribution in [3.8, 4) is 5.75 Å². The maximum Gasteiger partial charge on any atom is 0.138 e. The van der Waals surface area contributed by atoms with Gasteiger partial charge in [0.1, 0.15) is 16.4 Å². The van der Waals surface area contributed by atoms with Gasteiger partial charge in [0.05, 0.1) is 17.7 Å². The fourth-order valence-corrected chi connectivity index (χ4v) is 3.28. The molecular formula is C16H17N3OS. The summed E-state index contributed by atoms with van der Waals surface area (Å²) in [5.74, 6) is 0.870. The lowest BCUT2D eigenvalue weighted by atomic mass is 10.3. The van der Waals surface area contributed by atoms with Crippen molar-refractivity contribution in [3.05, 3.63) is 54.4 Å². The van der Waals surface area contributed by atoms with Crippen LogP contribution < -0.4 is 10.1 Å². The summed E-state index contributed by atoms with van der Waals surface area (Å²) in [4.78, 5) is 5.80. The molecule has 2 aromatic heterocycles. The molecule has 2 heterocycles. The lowest BCUT2D eigenvalue weighted by Crippen LogP contribution is -2.08. The van der Waals surface area contributed by atoms with Gasteiger partial charge in [-0.1, -0.05) is 30.0 Å². The molecule has 0 aliphatic rings. The second-order valence-electron chi connectivity index (χ2n) is 4.58. The quantitative estimate of drug-likeness (QED) is 0.785. The van der Waals surface area contributed by atoms with Crippen LogP contribution >= 0.6 is 11.8 Å². The van der Waals surface area contributed by atoms with Gasteiger partial charge in [0.2, 0.25) is 0 Å². The Kier molecular flexibility index (Phi) is 4.13. The summed E-state index contributed by atoms with van der Waals surface area (Å²) >= 11 is 1.63. The molecule has 0 saturated carbocycles. The molecule has 1 N–H and O–H groups in total. The number of hydrogen-bond donors (Lipinski definition) is 1. The van der Waals surface area contributed by atoms with Crippen LogP contribution in [0.1, 0.15) is 5.69 Å². The third-order valence-corrected chi connectivity index (χ3v) is 4.29. The minimum atomic E-state index is 0.767. The van der Waals surface area contributed by atoms with Crippen LogP contribution in [-0.4, -0.2) is 23.5 Å². The van der Waals surface area contributed by atoms with Gasteiger partial charge in [0, 0.05) is 12.7 Å². The van der Waals surface area contributed by atoms with Crippen molar-refractivity contribution in [1.29, 1.82) is 0 Å². The smallest absolute Gasteiger partial charge is 0.138 e. The highest BCUT2D eigenvalue weighted by molar-refractivity contribution is 7.99. The lowest BCUT2D eigenvalue weighted by Gasteiger charge is -2.07. The Hall–Kier alpha value is -1.98. The van der Waals surface area contributed by atoms with Crippen LogP contribution in [-0.2, 0) is 6.54 Å². The number of benzene rings is 1. The number of aromatic nitrogens is 2. The molecule has 4 nitrogen and oxygen atoms in total. The van der Waals surface area contributed by atoms with Gasteiger partial charge in [-0.3, -0.25) is 0 Å². The normalized spacial score (nSPS) is 11.0. The first kappa shape index (κ1) is 14.0. The van der Waals surface area contributed by atoms with Crippen LogP contribution in [0.4, 0.5) is 0 Å². The van der Waals surface area contributed by atoms with Gasteiger partial charge >= 0.3 is 0 Å². The SMILES string of the molecule is CNCc1c(Sc2ccccc2OC)nc2ccccn12. The number of rotatable bonds is 5. The van der Waals surface area contributed by atoms with Crippen LogP contribution in [0.5, 0.6) is 5.75 Å². The molecule has 5 heteroatoms. The molecule has 0 radical (unpaired) electrons. The molecule has 0 fully saturated rings. The topological polar surface area (TPSA) is 38.6 Å². The number of methoxy groups -OCH3 is 1. The largest absolute Gasteiger partial charge is 0.496 e. The fourth-order valence-electron chi connectivity index (χ4n) is 2.24. The van der Waals surface area contributed by atoms with E-state index in [0.717, 1.165) is 33.6 Å². The van der Waals surface area contributed by atoms with Crippen molar-refractivity contribution in [2.24, 2.45) is 0 Å². The summed E-state index contributed by atoms with van der Waals surface area (Å²) in [6, 6.07) is 14.0. The number of nitrogens with one attached hydrogen (secondary N) is 1. The predicted molar refractivity (Wildman–Crippen MR) is 85.1 cm³/mol. The monoisotopic (exact) mass is 299 g/mol. The summed E-state index contributed by atoms with van der Waals surface area (Å²) in [5, 5.41) is 4.21. The zero-order valence-corrected chi connectivity index (χ0v) is 12.9. The Morgan fingerprint density at radius 1 is 1.19 bits per heavy atom. The second kappa shape index (κ2) is 6.20. The van der Waals surface area contributed by atoms with Crippen LogP contribution in [0.2, 0.25) is 0 Å². The van der Waals surface area contributed by atoms with E-state index < -0.39 is 0 Å². The number of pyridine rings is 1. The number of fused-ring (bicyclic) bond motifs is 1. The minimum absolute atomic E-state index is 0.767. The third kappa shape index (κ3) is 2.75. The highest BCUT2D eigenvalue weighted by Gasteiger charge is 2.14.